The molecule has 1 unspecified atom stereocenters. The van der Waals surface area contributed by atoms with E-state index in [-0.39, 0.29) is 5.92 Å². The van der Waals surface area contributed by atoms with Gasteiger partial charge in [-0.15, -0.1) is 0 Å². The average molecular weight is 275 g/mol. The fourth-order valence-corrected chi connectivity index (χ4v) is 2.53. The molecular formula is C12H19ClN2O3. The first-order chi connectivity index (χ1) is 8.74. The summed E-state index contributed by atoms with van der Waals surface area (Å²) < 4.78 is 12.1. The van der Waals surface area contributed by atoms with Crippen LogP contribution in [0.3, 0.4) is 0 Å². The highest BCUT2D eigenvalue weighted by Gasteiger charge is 2.28. The van der Waals surface area contributed by atoms with Crippen molar-refractivity contribution in [2.75, 3.05) is 26.9 Å². The molecule has 0 aliphatic carbocycles. The summed E-state index contributed by atoms with van der Waals surface area (Å²) in [4.78, 5) is 0. The van der Waals surface area contributed by atoms with Crippen LogP contribution in [0.25, 0.3) is 0 Å². The minimum absolute atomic E-state index is 0.189. The Morgan fingerprint density at radius 2 is 2.33 bits per heavy atom. The van der Waals surface area contributed by atoms with Gasteiger partial charge in [-0.25, -0.2) is 0 Å². The molecule has 0 bridgehead atoms. The molecule has 0 aromatic carbocycles. The number of hydrogen-bond donors (Lipinski definition) is 1. The van der Waals surface area contributed by atoms with Crippen LogP contribution in [0.1, 0.15) is 24.6 Å². The molecule has 1 aliphatic rings. The second-order valence-electron chi connectivity index (χ2n) is 4.49. The van der Waals surface area contributed by atoms with Crippen LogP contribution in [0.4, 0.5) is 0 Å². The van der Waals surface area contributed by atoms with E-state index in [0.29, 0.717) is 37.1 Å². The van der Waals surface area contributed by atoms with Crippen molar-refractivity contribution >= 4 is 11.6 Å². The first-order valence-corrected chi connectivity index (χ1v) is 6.57. The van der Waals surface area contributed by atoms with Crippen LogP contribution >= 0.6 is 11.6 Å². The Labute approximate surface area is 112 Å². The number of aromatic nitrogens is 2. The maximum absolute atomic E-state index is 10.5. The number of hydrogen-bond acceptors (Lipinski definition) is 4. The zero-order valence-electron chi connectivity index (χ0n) is 10.5. The maximum Gasteiger partial charge on any atom is 0.100 e. The zero-order valence-corrected chi connectivity index (χ0v) is 11.3. The quantitative estimate of drug-likeness (QED) is 0.887. The van der Waals surface area contributed by atoms with Crippen LogP contribution in [0.2, 0.25) is 5.02 Å². The van der Waals surface area contributed by atoms with Gasteiger partial charge in [0.1, 0.15) is 6.10 Å². The van der Waals surface area contributed by atoms with Crippen LogP contribution in [-0.4, -0.2) is 41.8 Å². The lowest BCUT2D eigenvalue weighted by atomic mass is 9.92. The van der Waals surface area contributed by atoms with Crippen molar-refractivity contribution < 1.29 is 14.6 Å². The van der Waals surface area contributed by atoms with Gasteiger partial charge in [0.05, 0.1) is 30.1 Å². The molecule has 1 fully saturated rings. The van der Waals surface area contributed by atoms with Gasteiger partial charge in [0.2, 0.25) is 0 Å². The highest BCUT2D eigenvalue weighted by Crippen LogP contribution is 2.33. The van der Waals surface area contributed by atoms with Crippen LogP contribution in [0.5, 0.6) is 0 Å². The van der Waals surface area contributed by atoms with Crippen molar-refractivity contribution in [3.8, 4) is 0 Å². The number of halogens is 1. The molecule has 1 aromatic heterocycles. The van der Waals surface area contributed by atoms with Gasteiger partial charge in [-0.05, 0) is 18.8 Å². The summed E-state index contributed by atoms with van der Waals surface area (Å²) in [5.41, 5.74) is 0.695. The number of ether oxygens (including phenoxy) is 2. The van der Waals surface area contributed by atoms with E-state index in [9.17, 15) is 5.11 Å². The molecule has 0 amide bonds. The molecule has 102 valence electrons. The van der Waals surface area contributed by atoms with Crippen LogP contribution in [0.15, 0.2) is 6.20 Å². The van der Waals surface area contributed by atoms with Crippen molar-refractivity contribution in [3.63, 3.8) is 0 Å². The third-order valence-corrected chi connectivity index (χ3v) is 3.62. The van der Waals surface area contributed by atoms with E-state index >= 15 is 0 Å². The minimum atomic E-state index is -0.583. The van der Waals surface area contributed by atoms with E-state index in [2.05, 4.69) is 5.10 Å². The Kier molecular flexibility index (Phi) is 5.00. The number of methoxy groups -OCH3 is 1. The van der Waals surface area contributed by atoms with E-state index in [1.165, 1.54) is 0 Å². The summed E-state index contributed by atoms with van der Waals surface area (Å²) in [7, 11) is 1.64. The molecule has 2 heterocycles. The highest BCUT2D eigenvalue weighted by molar-refractivity contribution is 6.31. The first-order valence-electron chi connectivity index (χ1n) is 6.20. The molecule has 1 atom stereocenters. The van der Waals surface area contributed by atoms with Crippen LogP contribution < -0.4 is 0 Å². The van der Waals surface area contributed by atoms with Crippen LogP contribution in [0, 0.1) is 5.92 Å². The number of rotatable bonds is 5. The topological polar surface area (TPSA) is 56.5 Å². The molecule has 0 radical (unpaired) electrons. The average Bonchev–Trinajstić information content (AvgIpc) is 2.77. The largest absolute Gasteiger partial charge is 0.386 e. The van der Waals surface area contributed by atoms with Gasteiger partial charge in [-0.1, -0.05) is 11.6 Å². The monoisotopic (exact) mass is 274 g/mol. The van der Waals surface area contributed by atoms with E-state index in [0.717, 1.165) is 12.8 Å². The molecule has 0 saturated carbocycles. The Hall–Kier alpha value is -0.620. The zero-order chi connectivity index (χ0) is 13.0. The lowest BCUT2D eigenvalue weighted by molar-refractivity contribution is 0.00342. The molecule has 1 aromatic rings. The van der Waals surface area contributed by atoms with E-state index in [4.69, 9.17) is 21.1 Å². The van der Waals surface area contributed by atoms with Gasteiger partial charge in [0.15, 0.2) is 0 Å². The Morgan fingerprint density at radius 3 is 3.00 bits per heavy atom. The van der Waals surface area contributed by atoms with Crippen molar-refractivity contribution in [1.29, 1.82) is 0 Å². The fourth-order valence-electron chi connectivity index (χ4n) is 2.28. The van der Waals surface area contributed by atoms with E-state index in [1.54, 1.807) is 18.0 Å². The predicted molar refractivity (Wildman–Crippen MR) is 67.6 cm³/mol. The SMILES string of the molecule is COCCn1ncc(Cl)c1C(O)C1CCOCC1. The van der Waals surface area contributed by atoms with Crippen molar-refractivity contribution in [2.24, 2.45) is 5.92 Å². The summed E-state index contributed by atoms with van der Waals surface area (Å²) in [6.07, 6.45) is 2.70. The standard InChI is InChI=1S/C12H19ClN2O3/c1-17-7-4-15-11(10(13)8-14-15)12(16)9-2-5-18-6-3-9/h8-9,12,16H,2-7H2,1H3. The normalized spacial score (nSPS) is 19.1. The minimum Gasteiger partial charge on any atom is -0.386 e. The summed E-state index contributed by atoms with van der Waals surface area (Å²) in [6, 6.07) is 0. The van der Waals surface area contributed by atoms with Gasteiger partial charge >= 0.3 is 0 Å². The molecule has 0 spiro atoms. The van der Waals surface area contributed by atoms with Gasteiger partial charge in [0, 0.05) is 20.3 Å². The van der Waals surface area contributed by atoms with Crippen LogP contribution in [-0.2, 0) is 16.0 Å². The lowest BCUT2D eigenvalue weighted by Crippen LogP contribution is -2.24. The fraction of sp³-hybridized carbons (Fsp3) is 0.750. The second kappa shape index (κ2) is 6.52. The maximum atomic E-state index is 10.5. The van der Waals surface area contributed by atoms with Gasteiger partial charge < -0.3 is 14.6 Å². The van der Waals surface area contributed by atoms with Gasteiger partial charge in [-0.2, -0.15) is 5.10 Å². The molecule has 6 heteroatoms. The summed E-state index contributed by atoms with van der Waals surface area (Å²) in [6.45, 7) is 2.54. The molecule has 1 aliphatic heterocycles. The molecule has 2 rings (SSSR count). The first kappa shape index (κ1) is 13.8. The third-order valence-electron chi connectivity index (χ3n) is 3.33. The molecule has 18 heavy (non-hydrogen) atoms. The van der Waals surface area contributed by atoms with E-state index in [1.807, 2.05) is 0 Å². The number of nitrogens with zero attached hydrogens (tertiary/aromatic N) is 2. The summed E-state index contributed by atoms with van der Waals surface area (Å²) >= 11 is 6.12. The van der Waals surface area contributed by atoms with Gasteiger partial charge in [0.25, 0.3) is 0 Å². The number of aliphatic hydroxyl groups excluding tert-OH is 1. The molecule has 5 nitrogen and oxygen atoms in total. The smallest absolute Gasteiger partial charge is 0.100 e. The van der Waals surface area contributed by atoms with Gasteiger partial charge in [-0.3, -0.25) is 4.68 Å². The predicted octanol–water partition coefficient (Wildman–Crippen LogP) is 1.64. The number of aliphatic hydroxyl groups is 1. The molecule has 1 saturated heterocycles. The molecule has 1 N–H and O–H groups in total. The summed E-state index contributed by atoms with van der Waals surface area (Å²) in [5.74, 6) is 0.189. The second-order valence-corrected chi connectivity index (χ2v) is 4.90. The third kappa shape index (κ3) is 3.03. The lowest BCUT2D eigenvalue weighted by Gasteiger charge is -2.27. The summed E-state index contributed by atoms with van der Waals surface area (Å²) in [5, 5.41) is 15.2. The Morgan fingerprint density at radius 1 is 1.61 bits per heavy atom. The highest BCUT2D eigenvalue weighted by atomic mass is 35.5. The van der Waals surface area contributed by atoms with E-state index < -0.39 is 6.10 Å². The van der Waals surface area contributed by atoms with Crippen molar-refractivity contribution in [3.05, 3.63) is 16.9 Å². The Bertz CT molecular complexity index is 377. The van der Waals surface area contributed by atoms with Crippen molar-refractivity contribution in [1.82, 2.24) is 9.78 Å². The molecular weight excluding hydrogens is 256 g/mol. The Balaban J connectivity index is 2.12. The van der Waals surface area contributed by atoms with Crippen molar-refractivity contribution in [2.45, 2.75) is 25.5 Å².